The molecule has 0 saturated heterocycles. The van der Waals surface area contributed by atoms with Gasteiger partial charge in [-0.3, -0.25) is 4.99 Å². The molecule has 0 unspecified atom stereocenters. The van der Waals surface area contributed by atoms with Crippen molar-refractivity contribution in [2.75, 3.05) is 7.05 Å². The van der Waals surface area contributed by atoms with Gasteiger partial charge in [0.2, 0.25) is 5.89 Å². The van der Waals surface area contributed by atoms with Crippen LogP contribution in [0.15, 0.2) is 76.9 Å². The second kappa shape index (κ2) is 9.71. The maximum absolute atomic E-state index is 5.62. The van der Waals surface area contributed by atoms with Crippen molar-refractivity contribution in [1.29, 1.82) is 0 Å². The Morgan fingerprint density at radius 2 is 1.87 bits per heavy atom. The third kappa shape index (κ3) is 5.57. The quantitative estimate of drug-likeness (QED) is 0.356. The van der Waals surface area contributed by atoms with E-state index >= 15 is 0 Å². The SMILES string of the molecule is CN=C(NCc1cccc(Cn2cncn2)c1)NCc1coc(-c2ccc(C)cc2)n1. The van der Waals surface area contributed by atoms with Gasteiger partial charge in [-0.05, 0) is 30.2 Å². The van der Waals surface area contributed by atoms with Gasteiger partial charge in [0.15, 0.2) is 5.96 Å². The van der Waals surface area contributed by atoms with Gasteiger partial charge >= 0.3 is 0 Å². The minimum absolute atomic E-state index is 0.515. The van der Waals surface area contributed by atoms with Crippen LogP contribution in [0.4, 0.5) is 0 Å². The molecule has 2 N–H and O–H groups in total. The molecule has 2 heterocycles. The minimum Gasteiger partial charge on any atom is -0.444 e. The minimum atomic E-state index is 0.515. The highest BCUT2D eigenvalue weighted by atomic mass is 16.3. The van der Waals surface area contributed by atoms with E-state index in [9.17, 15) is 0 Å². The highest BCUT2D eigenvalue weighted by Crippen LogP contribution is 2.19. The highest BCUT2D eigenvalue weighted by Gasteiger charge is 2.07. The molecular weight excluding hydrogens is 390 g/mol. The van der Waals surface area contributed by atoms with Crippen molar-refractivity contribution in [3.05, 3.63) is 89.8 Å². The molecule has 0 amide bonds. The van der Waals surface area contributed by atoms with Gasteiger partial charge in [-0.25, -0.2) is 14.6 Å². The van der Waals surface area contributed by atoms with Crippen LogP contribution in [0, 0.1) is 6.92 Å². The Morgan fingerprint density at radius 3 is 2.65 bits per heavy atom. The number of hydrogen-bond acceptors (Lipinski definition) is 5. The first-order chi connectivity index (χ1) is 15.2. The fourth-order valence-electron chi connectivity index (χ4n) is 3.14. The summed E-state index contributed by atoms with van der Waals surface area (Å²) in [5.74, 6) is 1.31. The van der Waals surface area contributed by atoms with E-state index < -0.39 is 0 Å². The Morgan fingerprint density at radius 1 is 1.06 bits per heavy atom. The van der Waals surface area contributed by atoms with Crippen molar-refractivity contribution in [2.45, 2.75) is 26.6 Å². The van der Waals surface area contributed by atoms with E-state index in [4.69, 9.17) is 4.42 Å². The van der Waals surface area contributed by atoms with Crippen molar-refractivity contribution in [1.82, 2.24) is 30.4 Å². The standard InChI is InChI=1S/C23H25N7O/c1-17-6-8-20(9-7-17)22-29-21(14-31-22)12-27-23(24-2)26-11-18-4-3-5-19(10-18)13-30-16-25-15-28-30/h3-10,14-16H,11-13H2,1-2H3,(H2,24,26,27). The average molecular weight is 416 g/mol. The van der Waals surface area contributed by atoms with Gasteiger partial charge in [0, 0.05) is 19.2 Å². The summed E-state index contributed by atoms with van der Waals surface area (Å²) in [5, 5.41) is 10.8. The molecule has 8 heteroatoms. The van der Waals surface area contributed by atoms with Crippen LogP contribution in [0.2, 0.25) is 0 Å². The molecule has 0 saturated carbocycles. The number of aliphatic imine (C=N–C) groups is 1. The molecule has 0 bridgehead atoms. The smallest absolute Gasteiger partial charge is 0.226 e. The molecule has 0 aliphatic rings. The van der Waals surface area contributed by atoms with Gasteiger partial charge in [0.1, 0.15) is 18.9 Å². The lowest BCUT2D eigenvalue weighted by molar-refractivity contribution is 0.572. The highest BCUT2D eigenvalue weighted by molar-refractivity contribution is 5.79. The first-order valence-electron chi connectivity index (χ1n) is 10.1. The summed E-state index contributed by atoms with van der Waals surface area (Å²) < 4.78 is 7.42. The first-order valence-corrected chi connectivity index (χ1v) is 10.1. The van der Waals surface area contributed by atoms with E-state index in [0.29, 0.717) is 31.5 Å². The van der Waals surface area contributed by atoms with Crippen LogP contribution in [0.5, 0.6) is 0 Å². The summed E-state index contributed by atoms with van der Waals surface area (Å²) in [6.07, 6.45) is 4.92. The van der Waals surface area contributed by atoms with Crippen molar-refractivity contribution in [2.24, 2.45) is 4.99 Å². The number of rotatable bonds is 7. The van der Waals surface area contributed by atoms with Gasteiger partial charge in [0.25, 0.3) is 0 Å². The Balaban J connectivity index is 1.30. The molecule has 0 radical (unpaired) electrons. The van der Waals surface area contributed by atoms with Crippen molar-refractivity contribution < 1.29 is 4.42 Å². The van der Waals surface area contributed by atoms with Crippen LogP contribution in [0.1, 0.15) is 22.4 Å². The molecule has 2 aromatic heterocycles. The summed E-state index contributed by atoms with van der Waals surface area (Å²) in [6.45, 7) is 3.91. The van der Waals surface area contributed by atoms with Crippen LogP contribution in [0.3, 0.4) is 0 Å². The van der Waals surface area contributed by atoms with Crippen LogP contribution in [-0.2, 0) is 19.6 Å². The Bertz CT molecular complexity index is 1130. The molecule has 158 valence electrons. The van der Waals surface area contributed by atoms with Gasteiger partial charge < -0.3 is 15.1 Å². The number of aryl methyl sites for hydroxylation is 1. The fraction of sp³-hybridized carbons (Fsp3) is 0.217. The lowest BCUT2D eigenvalue weighted by atomic mass is 10.1. The van der Waals surface area contributed by atoms with E-state index in [1.165, 1.54) is 11.1 Å². The third-order valence-corrected chi connectivity index (χ3v) is 4.77. The lowest BCUT2D eigenvalue weighted by Crippen LogP contribution is -2.36. The molecule has 4 rings (SSSR count). The molecule has 0 fully saturated rings. The zero-order chi connectivity index (χ0) is 21.5. The monoisotopic (exact) mass is 415 g/mol. The molecule has 0 aliphatic carbocycles. The van der Waals surface area contributed by atoms with Gasteiger partial charge in [-0.2, -0.15) is 5.10 Å². The number of benzene rings is 2. The van der Waals surface area contributed by atoms with E-state index in [1.807, 2.05) is 30.3 Å². The molecule has 4 aromatic rings. The normalized spacial score (nSPS) is 11.5. The lowest BCUT2D eigenvalue weighted by Gasteiger charge is -2.11. The number of oxazole rings is 1. The van der Waals surface area contributed by atoms with E-state index in [2.05, 4.69) is 55.8 Å². The molecule has 0 aliphatic heterocycles. The molecule has 2 aromatic carbocycles. The van der Waals surface area contributed by atoms with E-state index in [0.717, 1.165) is 16.8 Å². The number of hydrogen-bond donors (Lipinski definition) is 2. The number of aromatic nitrogens is 4. The average Bonchev–Trinajstić information content (AvgIpc) is 3.47. The molecule has 0 spiro atoms. The summed E-state index contributed by atoms with van der Waals surface area (Å²) >= 11 is 0. The Kier molecular flexibility index (Phi) is 6.37. The van der Waals surface area contributed by atoms with Gasteiger partial charge in [0.05, 0.1) is 18.8 Å². The summed E-state index contributed by atoms with van der Waals surface area (Å²) in [4.78, 5) is 12.8. The predicted molar refractivity (Wildman–Crippen MR) is 119 cm³/mol. The largest absolute Gasteiger partial charge is 0.444 e. The van der Waals surface area contributed by atoms with E-state index in [1.54, 1.807) is 30.6 Å². The summed E-state index contributed by atoms with van der Waals surface area (Å²) in [7, 11) is 1.75. The maximum atomic E-state index is 5.62. The number of nitrogens with zero attached hydrogens (tertiary/aromatic N) is 5. The third-order valence-electron chi connectivity index (χ3n) is 4.77. The molecule has 0 atom stereocenters. The number of guanidine groups is 1. The zero-order valence-electron chi connectivity index (χ0n) is 17.6. The molecular formula is C23H25N7O. The molecule has 31 heavy (non-hydrogen) atoms. The van der Waals surface area contributed by atoms with Crippen LogP contribution in [-0.4, -0.2) is 32.8 Å². The number of nitrogens with one attached hydrogen (secondary N) is 2. The second-order valence-electron chi connectivity index (χ2n) is 7.20. The second-order valence-corrected chi connectivity index (χ2v) is 7.20. The zero-order valence-corrected chi connectivity index (χ0v) is 17.6. The van der Waals surface area contributed by atoms with Crippen molar-refractivity contribution >= 4 is 5.96 Å². The Hall–Kier alpha value is -3.94. The van der Waals surface area contributed by atoms with E-state index in [-0.39, 0.29) is 0 Å². The summed E-state index contributed by atoms with van der Waals surface area (Å²) in [6, 6.07) is 16.5. The summed E-state index contributed by atoms with van der Waals surface area (Å²) in [5.41, 5.74) is 5.30. The fourth-order valence-corrected chi connectivity index (χ4v) is 3.14. The maximum Gasteiger partial charge on any atom is 0.226 e. The van der Waals surface area contributed by atoms with Gasteiger partial charge in [-0.1, -0.05) is 42.0 Å². The topological polar surface area (TPSA) is 93.2 Å². The Labute approximate surface area is 181 Å². The van der Waals surface area contributed by atoms with Crippen LogP contribution < -0.4 is 10.6 Å². The van der Waals surface area contributed by atoms with Gasteiger partial charge in [-0.15, -0.1) is 0 Å². The van der Waals surface area contributed by atoms with Crippen LogP contribution >= 0.6 is 0 Å². The van der Waals surface area contributed by atoms with Crippen LogP contribution in [0.25, 0.3) is 11.5 Å². The first kappa shape index (κ1) is 20.3. The van der Waals surface area contributed by atoms with Crippen molar-refractivity contribution in [3.8, 4) is 11.5 Å². The predicted octanol–water partition coefficient (Wildman–Crippen LogP) is 3.16. The molecule has 8 nitrogen and oxygen atoms in total. The van der Waals surface area contributed by atoms with Crippen molar-refractivity contribution in [3.63, 3.8) is 0 Å².